The minimum atomic E-state index is -3.18. The third-order valence-corrected chi connectivity index (χ3v) is 8.21. The average molecular weight is 461 g/mol. The molecule has 0 aliphatic carbocycles. The number of sulfone groups is 1. The van der Waals surface area contributed by atoms with Crippen molar-refractivity contribution in [1.82, 2.24) is 20.1 Å². The van der Waals surface area contributed by atoms with Crippen LogP contribution in [0.4, 0.5) is 4.79 Å². The smallest absolute Gasteiger partial charge is 0.325 e. The maximum Gasteiger partial charge on any atom is 0.325 e. The maximum absolute atomic E-state index is 13.1. The van der Waals surface area contributed by atoms with Crippen molar-refractivity contribution in [1.29, 1.82) is 0 Å². The Kier molecular flexibility index (Phi) is 5.98. The van der Waals surface area contributed by atoms with Crippen LogP contribution in [0.3, 0.4) is 0 Å². The van der Waals surface area contributed by atoms with Crippen molar-refractivity contribution in [3.05, 3.63) is 36.0 Å². The molecule has 2 saturated heterocycles. The molecule has 1 aromatic carbocycles. The molecule has 3 heterocycles. The monoisotopic (exact) mass is 460 g/mol. The summed E-state index contributed by atoms with van der Waals surface area (Å²) in [6.45, 7) is 3.38. The molecule has 2 aromatic rings. The Morgan fingerprint density at radius 2 is 2.03 bits per heavy atom. The molecule has 172 valence electrons. The predicted molar refractivity (Wildman–Crippen MR) is 120 cm³/mol. The lowest BCUT2D eigenvalue weighted by molar-refractivity contribution is -0.140. The van der Waals surface area contributed by atoms with Gasteiger partial charge in [-0.15, -0.1) is 0 Å². The molecular weight excluding hydrogens is 432 g/mol. The third kappa shape index (κ3) is 4.23. The molecular formula is C22H28N4O5S. The number of H-pyrrole nitrogens is 1. The first-order valence-corrected chi connectivity index (χ1v) is 12.7. The van der Waals surface area contributed by atoms with E-state index < -0.39 is 46.3 Å². The molecule has 0 radical (unpaired) electrons. The van der Waals surface area contributed by atoms with Crippen molar-refractivity contribution < 1.29 is 22.8 Å². The fraction of sp³-hybridized carbons (Fsp3) is 0.500. The minimum absolute atomic E-state index is 0.0493. The van der Waals surface area contributed by atoms with Crippen LogP contribution in [0.5, 0.6) is 0 Å². The van der Waals surface area contributed by atoms with Crippen LogP contribution in [-0.4, -0.2) is 77.2 Å². The first-order chi connectivity index (χ1) is 15.2. The molecule has 0 spiro atoms. The minimum Gasteiger partial charge on any atom is -0.361 e. The molecule has 2 aliphatic rings. The first kappa shape index (κ1) is 22.3. The molecule has 4 rings (SSSR count). The summed E-state index contributed by atoms with van der Waals surface area (Å²) in [6.07, 6.45) is 3.16. The van der Waals surface area contributed by atoms with Gasteiger partial charge in [-0.25, -0.2) is 13.2 Å². The van der Waals surface area contributed by atoms with Crippen LogP contribution in [0.25, 0.3) is 10.9 Å². The van der Waals surface area contributed by atoms with Gasteiger partial charge in [0.05, 0.1) is 11.5 Å². The first-order valence-electron chi connectivity index (χ1n) is 10.9. The molecule has 2 fully saturated rings. The van der Waals surface area contributed by atoms with E-state index in [9.17, 15) is 22.8 Å². The Bertz CT molecular complexity index is 1160. The quantitative estimate of drug-likeness (QED) is 0.606. The number of aromatic amines is 1. The summed E-state index contributed by atoms with van der Waals surface area (Å²) < 4.78 is 23.9. The molecule has 2 aliphatic heterocycles. The molecule has 0 unspecified atom stereocenters. The molecule has 0 bridgehead atoms. The van der Waals surface area contributed by atoms with E-state index in [0.717, 1.165) is 21.4 Å². The summed E-state index contributed by atoms with van der Waals surface area (Å²) >= 11 is 0. The van der Waals surface area contributed by atoms with Crippen LogP contribution in [0.1, 0.15) is 32.3 Å². The van der Waals surface area contributed by atoms with Crippen LogP contribution in [-0.2, 0) is 25.8 Å². The number of para-hydroxylation sites is 1. The van der Waals surface area contributed by atoms with Crippen LogP contribution in [0.15, 0.2) is 30.5 Å². The average Bonchev–Trinajstić information content (AvgIpc) is 3.40. The summed E-state index contributed by atoms with van der Waals surface area (Å²) in [6, 6.07) is 5.74. The van der Waals surface area contributed by atoms with Crippen molar-refractivity contribution in [2.45, 2.75) is 51.2 Å². The second-order valence-corrected chi connectivity index (χ2v) is 10.8. The van der Waals surface area contributed by atoms with Gasteiger partial charge >= 0.3 is 6.03 Å². The van der Waals surface area contributed by atoms with E-state index in [1.54, 1.807) is 4.90 Å². The van der Waals surface area contributed by atoms with Gasteiger partial charge in [0.2, 0.25) is 5.91 Å². The number of nitrogens with one attached hydrogen (secondary N) is 2. The SMILES string of the molecule is CC[C@H](C)N(C(=O)CN1C(=O)N[C@H](Cc2c[nH]c3ccccc23)C1=O)[C@H]1CCS(=O)(=O)C1. The van der Waals surface area contributed by atoms with Crippen LogP contribution >= 0.6 is 0 Å². The van der Waals surface area contributed by atoms with Gasteiger partial charge in [0.25, 0.3) is 5.91 Å². The molecule has 2 N–H and O–H groups in total. The Hall–Kier alpha value is -2.88. The van der Waals surface area contributed by atoms with Gasteiger partial charge in [-0.05, 0) is 31.4 Å². The fourth-order valence-corrected chi connectivity index (χ4v) is 6.31. The molecule has 32 heavy (non-hydrogen) atoms. The highest BCUT2D eigenvalue weighted by Crippen LogP contribution is 2.24. The Balaban J connectivity index is 1.47. The molecule has 0 saturated carbocycles. The Morgan fingerprint density at radius 3 is 2.72 bits per heavy atom. The highest BCUT2D eigenvalue weighted by Gasteiger charge is 2.42. The molecule has 3 atom stereocenters. The summed E-state index contributed by atoms with van der Waals surface area (Å²) in [7, 11) is -3.18. The summed E-state index contributed by atoms with van der Waals surface area (Å²) in [4.78, 5) is 44.3. The van der Waals surface area contributed by atoms with Gasteiger partial charge in [0.1, 0.15) is 12.6 Å². The molecule has 10 heteroatoms. The number of imide groups is 1. The van der Waals surface area contributed by atoms with Crippen molar-refractivity contribution >= 4 is 38.6 Å². The van der Waals surface area contributed by atoms with Crippen LogP contribution < -0.4 is 5.32 Å². The maximum atomic E-state index is 13.1. The van der Waals surface area contributed by atoms with Gasteiger partial charge < -0.3 is 15.2 Å². The van der Waals surface area contributed by atoms with Crippen molar-refractivity contribution in [2.24, 2.45) is 0 Å². The predicted octanol–water partition coefficient (Wildman–Crippen LogP) is 1.44. The number of nitrogens with zero attached hydrogens (tertiary/aromatic N) is 2. The summed E-state index contributed by atoms with van der Waals surface area (Å²) in [5.41, 5.74) is 1.85. The zero-order valence-electron chi connectivity index (χ0n) is 18.2. The fourth-order valence-electron chi connectivity index (χ4n) is 4.60. The number of carbonyl (C=O) groups excluding carboxylic acids is 3. The lowest BCUT2D eigenvalue weighted by Gasteiger charge is -2.34. The van der Waals surface area contributed by atoms with Gasteiger partial charge in [0, 0.05) is 35.6 Å². The second-order valence-electron chi connectivity index (χ2n) is 8.61. The number of amides is 4. The zero-order valence-corrected chi connectivity index (χ0v) is 19.0. The lowest BCUT2D eigenvalue weighted by Crippen LogP contribution is -2.51. The number of hydrogen-bond acceptors (Lipinski definition) is 5. The van der Waals surface area contributed by atoms with E-state index >= 15 is 0 Å². The van der Waals surface area contributed by atoms with Gasteiger partial charge in [-0.3, -0.25) is 14.5 Å². The summed E-state index contributed by atoms with van der Waals surface area (Å²) in [5.74, 6) is -0.880. The zero-order chi connectivity index (χ0) is 23.0. The van der Waals surface area contributed by atoms with E-state index in [-0.39, 0.29) is 17.5 Å². The van der Waals surface area contributed by atoms with E-state index in [2.05, 4.69) is 10.3 Å². The van der Waals surface area contributed by atoms with Crippen molar-refractivity contribution in [3.8, 4) is 0 Å². The molecule has 9 nitrogen and oxygen atoms in total. The van der Waals surface area contributed by atoms with Crippen molar-refractivity contribution in [3.63, 3.8) is 0 Å². The summed E-state index contributed by atoms with van der Waals surface area (Å²) in [5, 5.41) is 3.66. The third-order valence-electron chi connectivity index (χ3n) is 6.45. The van der Waals surface area contributed by atoms with E-state index in [0.29, 0.717) is 19.3 Å². The standard InChI is InChI=1S/C22H28N4O5S/c1-3-14(2)26(16-8-9-32(30,31)13-16)20(27)12-25-21(28)19(24-22(25)29)10-15-11-23-18-7-5-4-6-17(15)18/h4-7,11,14,16,19,23H,3,8-10,12-13H2,1-2H3,(H,24,29)/t14-,16-,19+/m0/s1. The number of aromatic nitrogens is 1. The van der Waals surface area contributed by atoms with Gasteiger partial charge in [-0.2, -0.15) is 0 Å². The number of hydrogen-bond donors (Lipinski definition) is 2. The number of urea groups is 1. The number of fused-ring (bicyclic) bond motifs is 1. The second kappa shape index (κ2) is 8.57. The van der Waals surface area contributed by atoms with E-state index in [4.69, 9.17) is 0 Å². The number of rotatable bonds is 7. The lowest BCUT2D eigenvalue weighted by atomic mass is 10.1. The van der Waals surface area contributed by atoms with Gasteiger partial charge in [-0.1, -0.05) is 25.1 Å². The molecule has 1 aromatic heterocycles. The van der Waals surface area contributed by atoms with Gasteiger partial charge in [0.15, 0.2) is 9.84 Å². The number of carbonyl (C=O) groups is 3. The van der Waals surface area contributed by atoms with Crippen LogP contribution in [0, 0.1) is 0 Å². The number of benzene rings is 1. The van der Waals surface area contributed by atoms with Crippen molar-refractivity contribution in [2.75, 3.05) is 18.1 Å². The van der Waals surface area contributed by atoms with Crippen LogP contribution in [0.2, 0.25) is 0 Å². The topological polar surface area (TPSA) is 120 Å². The largest absolute Gasteiger partial charge is 0.361 e. The highest BCUT2D eigenvalue weighted by molar-refractivity contribution is 7.91. The normalized spacial score (nSPS) is 23.5. The Labute approximate surface area is 187 Å². The Morgan fingerprint density at radius 1 is 1.28 bits per heavy atom. The van der Waals surface area contributed by atoms with E-state index in [1.165, 1.54) is 0 Å². The van der Waals surface area contributed by atoms with E-state index in [1.807, 2.05) is 44.3 Å². The highest BCUT2D eigenvalue weighted by atomic mass is 32.2. The molecule has 4 amide bonds.